The molecule has 9 atom stereocenters. The third-order valence-corrected chi connectivity index (χ3v) is 14.2. The zero-order valence-corrected chi connectivity index (χ0v) is 29.2. The maximum atomic E-state index is 12.3. The summed E-state index contributed by atoms with van der Waals surface area (Å²) in [7, 11) is -4.07. The highest BCUT2D eigenvalue weighted by Crippen LogP contribution is 2.68. The molecule has 7 nitrogen and oxygen atoms in total. The zero-order valence-electron chi connectivity index (χ0n) is 28.4. The largest absolute Gasteiger partial charge is 0.393 e. The summed E-state index contributed by atoms with van der Waals surface area (Å²) in [5.41, 5.74) is 3.19. The molecule has 4 fully saturated rings. The van der Waals surface area contributed by atoms with Crippen molar-refractivity contribution in [2.75, 3.05) is 12.3 Å². The Bertz CT molecular complexity index is 1410. The van der Waals surface area contributed by atoms with Crippen LogP contribution in [0.5, 0.6) is 0 Å². The van der Waals surface area contributed by atoms with E-state index in [1.165, 1.54) is 43.2 Å². The smallest absolute Gasteiger partial charge is 0.266 e. The first-order chi connectivity index (χ1) is 22.5. The van der Waals surface area contributed by atoms with Crippen molar-refractivity contribution in [2.45, 2.75) is 110 Å². The lowest BCUT2D eigenvalue weighted by molar-refractivity contribution is -0.170. The minimum Gasteiger partial charge on any atom is -0.393 e. The van der Waals surface area contributed by atoms with Gasteiger partial charge >= 0.3 is 0 Å². The number of carbonyl (C=O) groups excluding carboxylic acids is 1. The topological polar surface area (TPSA) is 107 Å². The second kappa shape index (κ2) is 14.3. The number of rotatable bonds is 12. The van der Waals surface area contributed by atoms with Gasteiger partial charge in [0.1, 0.15) is 0 Å². The lowest BCUT2D eigenvalue weighted by Crippen LogP contribution is -2.59. The van der Waals surface area contributed by atoms with Crippen molar-refractivity contribution < 1.29 is 22.9 Å². The number of hydrogen-bond donors (Lipinski definition) is 3. The van der Waals surface area contributed by atoms with Gasteiger partial charge in [-0.3, -0.25) is 14.2 Å². The quantitative estimate of drug-likeness (QED) is 0.214. The molecule has 4 aliphatic carbocycles. The van der Waals surface area contributed by atoms with Gasteiger partial charge < -0.3 is 10.4 Å². The van der Waals surface area contributed by atoms with Crippen LogP contribution >= 0.6 is 0 Å². The molecule has 258 valence electrons. The van der Waals surface area contributed by atoms with Crippen LogP contribution in [0.3, 0.4) is 0 Å². The van der Waals surface area contributed by atoms with E-state index in [2.05, 4.69) is 84.7 Å². The molecule has 6 rings (SSSR count). The average Bonchev–Trinajstić information content (AvgIpc) is 3.37. The number of nitrogens with zero attached hydrogens (tertiary/aromatic N) is 1. The summed E-state index contributed by atoms with van der Waals surface area (Å²) in [6.07, 6.45) is 11.2. The first-order valence-electron chi connectivity index (χ1n) is 18.2. The van der Waals surface area contributed by atoms with E-state index < -0.39 is 15.9 Å². The van der Waals surface area contributed by atoms with Gasteiger partial charge in [-0.1, -0.05) is 74.5 Å². The fourth-order valence-corrected chi connectivity index (χ4v) is 11.3. The van der Waals surface area contributed by atoms with Gasteiger partial charge in [-0.25, -0.2) is 0 Å². The van der Waals surface area contributed by atoms with Crippen LogP contribution in [0.15, 0.2) is 60.7 Å². The van der Waals surface area contributed by atoms with Crippen molar-refractivity contribution in [1.29, 1.82) is 0 Å². The zero-order chi connectivity index (χ0) is 33.2. The summed E-state index contributed by atoms with van der Waals surface area (Å²) >= 11 is 0. The number of hydrogen-bond acceptors (Lipinski definition) is 5. The summed E-state index contributed by atoms with van der Waals surface area (Å²) < 4.78 is 30.8. The van der Waals surface area contributed by atoms with Crippen molar-refractivity contribution in [3.05, 3.63) is 71.8 Å². The van der Waals surface area contributed by atoms with Crippen molar-refractivity contribution >= 4 is 16.0 Å². The minimum absolute atomic E-state index is 0.0551. The molecule has 1 unspecified atom stereocenters. The number of carbonyl (C=O) groups is 1. The molecule has 1 amide bonds. The molecule has 0 heterocycles. The molecule has 0 saturated heterocycles. The van der Waals surface area contributed by atoms with Gasteiger partial charge in [-0.15, -0.1) is 0 Å². The summed E-state index contributed by atoms with van der Waals surface area (Å²) in [4.78, 5) is 15.0. The van der Waals surface area contributed by atoms with Gasteiger partial charge in [0.2, 0.25) is 5.91 Å². The standard InChI is InChI=1S/C39H56N2O5S/c1-38-21-19-34-37(33(38)17-16-30(38)14-9-15-36(43)40-22-23-47(44,45)46)35(42)25-31-24-32(18-20-39(31,34)2)41(26-28-10-5-3-6-11-28)27-29-12-7-4-8-13-29/h3-8,10-13,30-35,37,42H,9,14-27H2,1-2H3,(H,40,43)(H,44,45,46)/t30-,31?,32+,33-,34-,35-,37-,38+,39-/m0/s1. The monoisotopic (exact) mass is 664 g/mol. The molecule has 0 aliphatic heterocycles. The molecule has 3 N–H and O–H groups in total. The maximum Gasteiger partial charge on any atom is 0.266 e. The van der Waals surface area contributed by atoms with Gasteiger partial charge in [-0.05, 0) is 116 Å². The Labute approximate surface area is 282 Å². The summed E-state index contributed by atoms with van der Waals surface area (Å²) in [5.74, 6) is 1.95. The Morgan fingerprint density at radius 1 is 0.872 bits per heavy atom. The molecule has 4 aliphatic rings. The molecule has 2 aromatic rings. The van der Waals surface area contributed by atoms with Crippen molar-refractivity contribution in [3.63, 3.8) is 0 Å². The minimum atomic E-state index is -4.07. The summed E-state index contributed by atoms with van der Waals surface area (Å²) in [6, 6.07) is 22.3. The highest BCUT2D eigenvalue weighted by Gasteiger charge is 2.62. The number of amides is 1. The van der Waals surface area contributed by atoms with E-state index >= 15 is 0 Å². The van der Waals surface area contributed by atoms with Gasteiger partial charge in [0, 0.05) is 32.1 Å². The normalized spacial score (nSPS) is 35.1. The van der Waals surface area contributed by atoms with Crippen LogP contribution in [0.2, 0.25) is 0 Å². The number of aliphatic hydroxyl groups excluding tert-OH is 1. The molecule has 2 aromatic carbocycles. The number of benzene rings is 2. The van der Waals surface area contributed by atoms with Gasteiger partial charge in [0.15, 0.2) is 0 Å². The summed E-state index contributed by atoms with van der Waals surface area (Å²) in [5, 5.41) is 14.6. The SMILES string of the molecule is C[C@]12CC[C@H]3[C@@H]([C@@H](O)CC4C[C@H](N(Cc5ccccc5)Cc5ccccc5)CC[C@@]43C)[C@@H]1CC[C@@H]2CCCC(=O)NCCS(=O)(=O)O. The highest BCUT2D eigenvalue weighted by molar-refractivity contribution is 7.85. The molecule has 4 saturated carbocycles. The van der Waals surface area contributed by atoms with Crippen LogP contribution in [0.25, 0.3) is 0 Å². The highest BCUT2D eigenvalue weighted by atomic mass is 32.2. The lowest BCUT2D eigenvalue weighted by atomic mass is 9.43. The van der Waals surface area contributed by atoms with E-state index in [1.54, 1.807) is 0 Å². The lowest BCUT2D eigenvalue weighted by Gasteiger charge is -2.63. The molecule has 0 bridgehead atoms. The fourth-order valence-electron chi connectivity index (χ4n) is 11.0. The Morgan fingerprint density at radius 2 is 1.49 bits per heavy atom. The second-order valence-corrected chi connectivity index (χ2v) is 17.5. The van der Waals surface area contributed by atoms with E-state index in [1.807, 2.05) is 0 Å². The van der Waals surface area contributed by atoms with Crippen molar-refractivity contribution in [2.24, 2.45) is 40.4 Å². The van der Waals surface area contributed by atoms with Crippen molar-refractivity contribution in [1.82, 2.24) is 10.2 Å². The van der Waals surface area contributed by atoms with E-state index in [9.17, 15) is 18.3 Å². The maximum absolute atomic E-state index is 12.3. The number of fused-ring (bicyclic) bond motifs is 5. The van der Waals surface area contributed by atoms with E-state index in [0.717, 1.165) is 45.2 Å². The van der Waals surface area contributed by atoms with Gasteiger partial charge in [0.05, 0.1) is 11.9 Å². The number of nitrogens with one attached hydrogen (secondary N) is 1. The molecule has 0 radical (unpaired) electrons. The van der Waals surface area contributed by atoms with E-state index in [-0.39, 0.29) is 29.4 Å². The van der Waals surface area contributed by atoms with Crippen LogP contribution in [0.4, 0.5) is 0 Å². The predicted octanol–water partition coefficient (Wildman–Crippen LogP) is 6.86. The Hall–Kier alpha value is -2.26. The third kappa shape index (κ3) is 7.66. The average molecular weight is 665 g/mol. The molecular weight excluding hydrogens is 609 g/mol. The third-order valence-electron chi connectivity index (χ3n) is 13.5. The van der Waals surface area contributed by atoms with E-state index in [0.29, 0.717) is 42.1 Å². The Kier molecular flexibility index (Phi) is 10.5. The first-order valence-corrected chi connectivity index (χ1v) is 19.8. The molecule has 0 spiro atoms. The summed E-state index contributed by atoms with van der Waals surface area (Å²) in [6.45, 7) is 6.89. The molecule has 0 aromatic heterocycles. The molecule has 8 heteroatoms. The first kappa shape index (κ1) is 34.6. The Balaban J connectivity index is 1.09. The van der Waals surface area contributed by atoms with Gasteiger partial charge in [-0.2, -0.15) is 8.42 Å². The second-order valence-electron chi connectivity index (χ2n) is 15.9. The van der Waals surface area contributed by atoms with Gasteiger partial charge in [0.25, 0.3) is 10.1 Å². The van der Waals surface area contributed by atoms with Crippen LogP contribution < -0.4 is 5.32 Å². The Morgan fingerprint density at radius 3 is 2.13 bits per heavy atom. The molecule has 47 heavy (non-hydrogen) atoms. The van der Waals surface area contributed by atoms with Crippen LogP contribution in [-0.2, 0) is 28.0 Å². The van der Waals surface area contributed by atoms with Crippen molar-refractivity contribution in [3.8, 4) is 0 Å². The predicted molar refractivity (Wildman–Crippen MR) is 186 cm³/mol. The van der Waals surface area contributed by atoms with E-state index in [4.69, 9.17) is 4.55 Å². The fraction of sp³-hybridized carbons (Fsp3) is 0.667. The number of aliphatic hydroxyl groups is 1. The molecular formula is C39H56N2O5S. The van der Waals surface area contributed by atoms with Crippen LogP contribution in [0.1, 0.15) is 95.6 Å². The van der Waals surface area contributed by atoms with Crippen LogP contribution in [-0.4, -0.2) is 53.3 Å². The van der Waals surface area contributed by atoms with Crippen LogP contribution in [0, 0.1) is 40.4 Å².